The van der Waals surface area contributed by atoms with Crippen molar-refractivity contribution in [3.8, 4) is 17.2 Å². The van der Waals surface area contributed by atoms with Gasteiger partial charge in [0.15, 0.2) is 0 Å². The lowest BCUT2D eigenvalue weighted by Crippen LogP contribution is -2.32. The molecule has 0 fully saturated rings. The highest BCUT2D eigenvalue weighted by atomic mass is 16.5. The molecule has 0 amide bonds. The predicted octanol–water partition coefficient (Wildman–Crippen LogP) is 8.00. The van der Waals surface area contributed by atoms with Gasteiger partial charge in [-0.3, -0.25) is 0 Å². The molecule has 6 nitrogen and oxygen atoms in total. The van der Waals surface area contributed by atoms with Crippen LogP contribution >= 0.6 is 0 Å². The molecule has 4 unspecified atom stereocenters. The van der Waals surface area contributed by atoms with Crippen molar-refractivity contribution >= 4 is 21.5 Å². The molecule has 6 rings (SSSR count). The third-order valence-electron chi connectivity index (χ3n) is 8.94. The summed E-state index contributed by atoms with van der Waals surface area (Å²) >= 11 is 0. The fourth-order valence-electron chi connectivity index (χ4n) is 6.35. The van der Waals surface area contributed by atoms with E-state index in [2.05, 4.69) is 97.3 Å². The maximum absolute atomic E-state index is 11.2. The molecular weight excluding hydrogens is 596 g/mol. The van der Waals surface area contributed by atoms with Crippen LogP contribution in [0.15, 0.2) is 127 Å². The van der Waals surface area contributed by atoms with E-state index in [0.717, 1.165) is 12.8 Å². The van der Waals surface area contributed by atoms with Crippen molar-refractivity contribution in [1.82, 2.24) is 10.6 Å². The van der Waals surface area contributed by atoms with Crippen molar-refractivity contribution in [2.45, 2.75) is 51.0 Å². The second-order valence-electron chi connectivity index (χ2n) is 12.7. The third-order valence-corrected chi connectivity index (χ3v) is 8.94. The van der Waals surface area contributed by atoms with Crippen LogP contribution in [0.1, 0.15) is 48.3 Å². The molecule has 5 N–H and O–H groups in total. The van der Waals surface area contributed by atoms with E-state index in [1.807, 2.05) is 36.4 Å². The third kappa shape index (κ3) is 8.22. The average molecular weight is 641 g/mol. The standard InChI is InChI=1S/C42H44N2O4/c1-28(22-30-18-19-31-10-3-4-12-33(31)24-30)43-26-40(46)37-16-7-8-17-42(37)48-35-20-21-39(45)38(25-35)41(47)27-44-29(2)23-34-14-9-13-32-11-5-6-15-36(32)34/h3-21,24-25,28-29,40-41,43-47H,22-23,26-27H2,1-2H3. The van der Waals surface area contributed by atoms with Crippen LogP contribution in [-0.4, -0.2) is 40.5 Å². The van der Waals surface area contributed by atoms with E-state index in [4.69, 9.17) is 4.74 Å². The van der Waals surface area contributed by atoms with Gasteiger partial charge in [-0.05, 0) is 83.6 Å². The van der Waals surface area contributed by atoms with Crippen LogP contribution in [0.2, 0.25) is 0 Å². The van der Waals surface area contributed by atoms with Gasteiger partial charge in [-0.25, -0.2) is 0 Å². The van der Waals surface area contributed by atoms with Crippen molar-refractivity contribution in [2.24, 2.45) is 0 Å². The lowest BCUT2D eigenvalue weighted by molar-refractivity contribution is 0.165. The number of phenols is 1. The number of benzene rings is 6. The SMILES string of the molecule is CC(Cc1ccc2ccccc2c1)NCC(O)c1ccccc1Oc1ccc(O)c(C(O)CNC(C)Cc2cccc3ccccc23)c1. The van der Waals surface area contributed by atoms with E-state index >= 15 is 0 Å². The van der Waals surface area contributed by atoms with E-state index in [9.17, 15) is 15.3 Å². The Hall–Kier alpha value is -4.72. The first-order chi connectivity index (χ1) is 23.3. The molecule has 0 aliphatic carbocycles. The Labute approximate surface area is 282 Å². The first-order valence-electron chi connectivity index (χ1n) is 16.7. The van der Waals surface area contributed by atoms with Crippen LogP contribution in [0.3, 0.4) is 0 Å². The van der Waals surface area contributed by atoms with E-state index in [0.29, 0.717) is 29.2 Å². The number of ether oxygens (including phenoxy) is 1. The fraction of sp³-hybridized carbons (Fsp3) is 0.238. The maximum Gasteiger partial charge on any atom is 0.133 e. The number of hydrogen-bond acceptors (Lipinski definition) is 6. The van der Waals surface area contributed by atoms with Gasteiger partial charge in [-0.15, -0.1) is 0 Å². The number of aliphatic hydroxyl groups is 2. The quantitative estimate of drug-likeness (QED) is 0.0829. The molecule has 48 heavy (non-hydrogen) atoms. The van der Waals surface area contributed by atoms with E-state index < -0.39 is 12.2 Å². The van der Waals surface area contributed by atoms with Crippen molar-refractivity contribution < 1.29 is 20.1 Å². The van der Waals surface area contributed by atoms with Crippen molar-refractivity contribution in [1.29, 1.82) is 0 Å². The molecule has 0 heterocycles. The molecule has 6 aromatic carbocycles. The Balaban J connectivity index is 1.05. The molecule has 0 aliphatic rings. The first-order valence-corrected chi connectivity index (χ1v) is 16.7. The summed E-state index contributed by atoms with van der Waals surface area (Å²) in [5.74, 6) is 0.973. The molecule has 0 spiro atoms. The van der Waals surface area contributed by atoms with Gasteiger partial charge in [-0.2, -0.15) is 0 Å². The predicted molar refractivity (Wildman–Crippen MR) is 195 cm³/mol. The zero-order valence-electron chi connectivity index (χ0n) is 27.5. The number of rotatable bonds is 14. The largest absolute Gasteiger partial charge is 0.508 e. The number of hydrogen-bond donors (Lipinski definition) is 5. The number of fused-ring (bicyclic) bond motifs is 2. The first kappa shape index (κ1) is 33.2. The van der Waals surface area contributed by atoms with Crippen LogP contribution in [-0.2, 0) is 12.8 Å². The molecule has 0 aliphatic heterocycles. The van der Waals surface area contributed by atoms with Crippen LogP contribution in [0.4, 0.5) is 0 Å². The maximum atomic E-state index is 11.2. The fourth-order valence-corrected chi connectivity index (χ4v) is 6.35. The van der Waals surface area contributed by atoms with Gasteiger partial charge >= 0.3 is 0 Å². The average Bonchev–Trinajstić information content (AvgIpc) is 3.10. The number of phenolic OH excluding ortho intramolecular Hbond substituents is 1. The summed E-state index contributed by atoms with van der Waals surface area (Å²) in [6.07, 6.45) is -0.0997. The lowest BCUT2D eigenvalue weighted by atomic mass is 9.99. The van der Waals surface area contributed by atoms with Crippen LogP contribution in [0.25, 0.3) is 21.5 Å². The summed E-state index contributed by atoms with van der Waals surface area (Å²) in [6.45, 7) is 4.83. The Bertz CT molecular complexity index is 1970. The minimum atomic E-state index is -0.947. The van der Waals surface area contributed by atoms with E-state index in [-0.39, 0.29) is 24.4 Å². The molecule has 0 aromatic heterocycles. The number of aliphatic hydroxyl groups excluding tert-OH is 2. The normalized spacial score (nSPS) is 14.1. The van der Waals surface area contributed by atoms with E-state index in [1.165, 1.54) is 38.7 Å². The van der Waals surface area contributed by atoms with Gasteiger partial charge in [0, 0.05) is 36.3 Å². The van der Waals surface area contributed by atoms with Gasteiger partial charge in [0.05, 0.1) is 12.2 Å². The second-order valence-corrected chi connectivity index (χ2v) is 12.7. The molecular formula is C42H44N2O4. The molecule has 246 valence electrons. The highest BCUT2D eigenvalue weighted by molar-refractivity contribution is 5.85. The van der Waals surface area contributed by atoms with Crippen molar-refractivity contribution in [2.75, 3.05) is 13.1 Å². The molecule has 0 saturated carbocycles. The van der Waals surface area contributed by atoms with Gasteiger partial charge in [0.1, 0.15) is 17.2 Å². The van der Waals surface area contributed by atoms with Crippen molar-refractivity contribution in [3.63, 3.8) is 0 Å². The Morgan fingerprint density at radius 2 is 1.23 bits per heavy atom. The molecule has 6 aromatic rings. The monoisotopic (exact) mass is 640 g/mol. The molecule has 0 saturated heterocycles. The van der Waals surface area contributed by atoms with Gasteiger partial charge in [0.2, 0.25) is 0 Å². The zero-order chi connectivity index (χ0) is 33.5. The van der Waals surface area contributed by atoms with Crippen LogP contribution in [0.5, 0.6) is 17.2 Å². The van der Waals surface area contributed by atoms with Gasteiger partial charge < -0.3 is 30.7 Å². The summed E-state index contributed by atoms with van der Waals surface area (Å²) in [5, 5.41) is 44.6. The minimum absolute atomic E-state index is 0.00345. The summed E-state index contributed by atoms with van der Waals surface area (Å²) < 4.78 is 6.23. The zero-order valence-corrected chi connectivity index (χ0v) is 27.5. The molecule has 0 radical (unpaired) electrons. The lowest BCUT2D eigenvalue weighted by Gasteiger charge is -2.21. The summed E-state index contributed by atoms with van der Waals surface area (Å²) in [4.78, 5) is 0. The second kappa shape index (κ2) is 15.5. The summed E-state index contributed by atoms with van der Waals surface area (Å²) in [6, 6.07) is 42.1. The number of nitrogens with one attached hydrogen (secondary N) is 2. The summed E-state index contributed by atoms with van der Waals surface area (Å²) in [7, 11) is 0. The Kier molecular flexibility index (Phi) is 10.7. The molecule has 0 bridgehead atoms. The number of para-hydroxylation sites is 1. The van der Waals surface area contributed by atoms with Gasteiger partial charge in [0.25, 0.3) is 0 Å². The van der Waals surface area contributed by atoms with Crippen LogP contribution in [0, 0.1) is 0 Å². The topological polar surface area (TPSA) is 94.0 Å². The highest BCUT2D eigenvalue weighted by Gasteiger charge is 2.18. The van der Waals surface area contributed by atoms with Gasteiger partial charge in [-0.1, -0.05) is 103 Å². The van der Waals surface area contributed by atoms with Crippen LogP contribution < -0.4 is 15.4 Å². The number of aromatic hydroxyl groups is 1. The molecule has 6 heteroatoms. The highest BCUT2D eigenvalue weighted by Crippen LogP contribution is 2.34. The summed E-state index contributed by atoms with van der Waals surface area (Å²) in [5.41, 5.74) is 3.52. The smallest absolute Gasteiger partial charge is 0.133 e. The molecule has 4 atom stereocenters. The Morgan fingerprint density at radius 1 is 0.583 bits per heavy atom. The van der Waals surface area contributed by atoms with Crippen molar-refractivity contribution in [3.05, 3.63) is 150 Å². The van der Waals surface area contributed by atoms with E-state index in [1.54, 1.807) is 12.1 Å². The minimum Gasteiger partial charge on any atom is -0.508 e. The Morgan fingerprint density at radius 3 is 2.04 bits per heavy atom.